The maximum Gasteiger partial charge on any atom is 0.232 e. The molecule has 2 fully saturated rings. The van der Waals surface area contributed by atoms with Crippen molar-refractivity contribution in [2.24, 2.45) is 11.3 Å². The molecule has 2 aliphatic heterocycles. The average molecular weight is 383 g/mol. The number of rotatable bonds is 5. The number of amides is 1. The van der Waals surface area contributed by atoms with E-state index in [0.717, 1.165) is 51.0 Å². The molecule has 150 valence electrons. The van der Waals surface area contributed by atoms with Gasteiger partial charge in [0.1, 0.15) is 0 Å². The van der Waals surface area contributed by atoms with Crippen LogP contribution in [0.15, 0.2) is 34.9 Å². The zero-order valence-corrected chi connectivity index (χ0v) is 16.8. The Kier molecular flexibility index (Phi) is 5.49. The lowest BCUT2D eigenvalue weighted by molar-refractivity contribution is -0.135. The third kappa shape index (κ3) is 3.46. The van der Waals surface area contributed by atoms with Crippen LogP contribution in [-0.2, 0) is 9.53 Å². The molecule has 1 aromatic heterocycles. The Hall–Kier alpha value is -2.21. The van der Waals surface area contributed by atoms with Crippen LogP contribution in [0.4, 0.5) is 0 Å². The van der Waals surface area contributed by atoms with Crippen LogP contribution in [0.1, 0.15) is 51.3 Å². The second kappa shape index (κ2) is 8.03. The Labute approximate surface area is 166 Å². The molecule has 0 saturated carbocycles. The molecule has 1 unspecified atom stereocenters. The van der Waals surface area contributed by atoms with Crippen molar-refractivity contribution in [3.8, 4) is 11.4 Å². The van der Waals surface area contributed by atoms with Crippen LogP contribution in [-0.4, -0.2) is 47.3 Å². The molecule has 4 rings (SSSR count). The highest BCUT2D eigenvalue weighted by Crippen LogP contribution is 2.49. The fourth-order valence-electron chi connectivity index (χ4n) is 4.74. The molecule has 1 spiro atoms. The van der Waals surface area contributed by atoms with Gasteiger partial charge < -0.3 is 14.2 Å². The molecular formula is C22H29N3O3. The number of carbonyl (C=O) groups is 1. The first-order valence-corrected chi connectivity index (χ1v) is 10.4. The fourth-order valence-corrected chi connectivity index (χ4v) is 4.74. The van der Waals surface area contributed by atoms with Gasteiger partial charge >= 0.3 is 0 Å². The topological polar surface area (TPSA) is 68.5 Å². The van der Waals surface area contributed by atoms with E-state index in [-0.39, 0.29) is 23.2 Å². The van der Waals surface area contributed by atoms with E-state index in [1.807, 2.05) is 35.2 Å². The quantitative estimate of drug-likeness (QED) is 0.783. The van der Waals surface area contributed by atoms with Gasteiger partial charge in [-0.25, -0.2) is 0 Å². The highest BCUT2D eigenvalue weighted by Gasteiger charge is 2.52. The van der Waals surface area contributed by atoms with Crippen molar-refractivity contribution in [3.63, 3.8) is 0 Å². The van der Waals surface area contributed by atoms with Gasteiger partial charge in [0.25, 0.3) is 0 Å². The van der Waals surface area contributed by atoms with E-state index in [9.17, 15) is 4.79 Å². The molecule has 2 aliphatic rings. The van der Waals surface area contributed by atoms with Crippen molar-refractivity contribution >= 4 is 5.91 Å². The molecule has 28 heavy (non-hydrogen) atoms. The summed E-state index contributed by atoms with van der Waals surface area (Å²) in [4.78, 5) is 19.8. The van der Waals surface area contributed by atoms with E-state index in [1.165, 1.54) is 0 Å². The molecule has 0 radical (unpaired) electrons. The molecule has 1 atom stereocenters. The molecule has 0 aliphatic carbocycles. The van der Waals surface area contributed by atoms with E-state index in [2.05, 4.69) is 19.0 Å². The van der Waals surface area contributed by atoms with Crippen molar-refractivity contribution in [2.75, 3.05) is 26.3 Å². The van der Waals surface area contributed by atoms with Crippen LogP contribution in [0.2, 0.25) is 0 Å². The van der Waals surface area contributed by atoms with Crippen LogP contribution in [0, 0.1) is 11.3 Å². The predicted octanol–water partition coefficient (Wildman–Crippen LogP) is 3.90. The van der Waals surface area contributed by atoms with Crippen molar-refractivity contribution in [3.05, 3.63) is 36.2 Å². The summed E-state index contributed by atoms with van der Waals surface area (Å²) < 4.78 is 11.4. The summed E-state index contributed by atoms with van der Waals surface area (Å²) in [5.41, 5.74) is 0.918. The second-order valence-electron chi connectivity index (χ2n) is 8.08. The zero-order valence-electron chi connectivity index (χ0n) is 16.8. The molecule has 1 aromatic carbocycles. The maximum absolute atomic E-state index is 13.1. The Morgan fingerprint density at radius 1 is 1.21 bits per heavy atom. The highest BCUT2D eigenvalue weighted by atomic mass is 16.5. The minimum Gasteiger partial charge on any atom is -0.381 e. The third-order valence-corrected chi connectivity index (χ3v) is 6.55. The molecule has 2 aromatic rings. The first-order valence-electron chi connectivity index (χ1n) is 10.4. The SMILES string of the molecule is CCC(CC)C(=O)N1CC(c2nc(-c3ccccc3)no2)C2(CCOCC2)C1. The lowest BCUT2D eigenvalue weighted by atomic mass is 9.72. The number of carbonyl (C=O) groups excluding carboxylic acids is 1. The van der Waals surface area contributed by atoms with Crippen LogP contribution >= 0.6 is 0 Å². The van der Waals surface area contributed by atoms with Crippen LogP contribution in [0.3, 0.4) is 0 Å². The maximum atomic E-state index is 13.1. The van der Waals surface area contributed by atoms with Crippen molar-refractivity contribution < 1.29 is 14.1 Å². The molecule has 3 heterocycles. The van der Waals surface area contributed by atoms with Gasteiger partial charge in [0.05, 0.1) is 5.92 Å². The number of aromatic nitrogens is 2. The van der Waals surface area contributed by atoms with Gasteiger partial charge in [0.2, 0.25) is 17.6 Å². The molecule has 1 amide bonds. The normalized spacial score (nSPS) is 21.5. The molecule has 0 N–H and O–H groups in total. The van der Waals surface area contributed by atoms with Gasteiger partial charge in [-0.15, -0.1) is 0 Å². The van der Waals surface area contributed by atoms with Gasteiger partial charge in [0, 0.05) is 43.2 Å². The van der Waals surface area contributed by atoms with Gasteiger partial charge in [-0.3, -0.25) is 4.79 Å². The van der Waals surface area contributed by atoms with Crippen molar-refractivity contribution in [1.82, 2.24) is 15.0 Å². The largest absolute Gasteiger partial charge is 0.381 e. The van der Waals surface area contributed by atoms with Gasteiger partial charge in [-0.2, -0.15) is 4.98 Å². The van der Waals surface area contributed by atoms with E-state index < -0.39 is 0 Å². The Bertz CT molecular complexity index is 794. The molecule has 2 saturated heterocycles. The smallest absolute Gasteiger partial charge is 0.232 e. The van der Waals surface area contributed by atoms with Crippen molar-refractivity contribution in [1.29, 1.82) is 0 Å². The summed E-state index contributed by atoms with van der Waals surface area (Å²) in [6.07, 6.45) is 3.61. The molecular weight excluding hydrogens is 354 g/mol. The van der Waals surface area contributed by atoms with E-state index >= 15 is 0 Å². The Balaban J connectivity index is 1.62. The van der Waals surface area contributed by atoms with Crippen molar-refractivity contribution in [2.45, 2.75) is 45.4 Å². The number of nitrogens with zero attached hydrogens (tertiary/aromatic N) is 3. The van der Waals surface area contributed by atoms with E-state index in [4.69, 9.17) is 14.2 Å². The summed E-state index contributed by atoms with van der Waals surface area (Å²) in [5.74, 6) is 1.70. The summed E-state index contributed by atoms with van der Waals surface area (Å²) in [5, 5.41) is 4.23. The van der Waals surface area contributed by atoms with Crippen LogP contribution in [0.5, 0.6) is 0 Å². The van der Waals surface area contributed by atoms with Gasteiger partial charge in [0.15, 0.2) is 0 Å². The van der Waals surface area contributed by atoms with E-state index in [0.29, 0.717) is 18.3 Å². The minimum absolute atomic E-state index is 0.0273. The molecule has 6 heteroatoms. The minimum atomic E-state index is -0.0273. The van der Waals surface area contributed by atoms with Crippen LogP contribution in [0.25, 0.3) is 11.4 Å². The average Bonchev–Trinajstić information content (AvgIpc) is 3.35. The Morgan fingerprint density at radius 3 is 2.61 bits per heavy atom. The van der Waals surface area contributed by atoms with Crippen LogP contribution < -0.4 is 0 Å². The fraction of sp³-hybridized carbons (Fsp3) is 0.591. The Morgan fingerprint density at radius 2 is 1.93 bits per heavy atom. The highest BCUT2D eigenvalue weighted by molar-refractivity contribution is 5.79. The summed E-state index contributed by atoms with van der Waals surface area (Å²) in [7, 11) is 0. The first-order chi connectivity index (χ1) is 13.7. The van der Waals surface area contributed by atoms with Gasteiger partial charge in [-0.05, 0) is 25.7 Å². The lowest BCUT2D eigenvalue weighted by Gasteiger charge is -2.36. The number of benzene rings is 1. The summed E-state index contributed by atoms with van der Waals surface area (Å²) in [6, 6.07) is 9.88. The number of likely N-dealkylation sites (tertiary alicyclic amines) is 1. The first kappa shape index (κ1) is 19.1. The van der Waals surface area contributed by atoms with Gasteiger partial charge in [-0.1, -0.05) is 49.3 Å². The standard InChI is InChI=1S/C22H29N3O3/c1-3-16(4-2)21(26)25-14-18(22(15-25)10-12-27-13-11-22)20-23-19(24-28-20)17-8-6-5-7-9-17/h5-9,16,18H,3-4,10-15H2,1-2H3. The third-order valence-electron chi connectivity index (χ3n) is 6.55. The molecule has 6 nitrogen and oxygen atoms in total. The predicted molar refractivity (Wildman–Crippen MR) is 106 cm³/mol. The monoisotopic (exact) mass is 383 g/mol. The number of hydrogen-bond donors (Lipinski definition) is 0. The van der Waals surface area contributed by atoms with E-state index in [1.54, 1.807) is 0 Å². The zero-order chi connectivity index (χ0) is 19.6. The number of ether oxygens (including phenoxy) is 1. The lowest BCUT2D eigenvalue weighted by Crippen LogP contribution is -2.38. The summed E-state index contributed by atoms with van der Waals surface area (Å²) >= 11 is 0. The second-order valence-corrected chi connectivity index (χ2v) is 8.08. The molecule has 0 bridgehead atoms. The summed E-state index contributed by atoms with van der Waals surface area (Å²) in [6.45, 7) is 7.06. The number of hydrogen-bond acceptors (Lipinski definition) is 5.